The Hall–Kier alpha value is -1.31. The average Bonchev–Trinajstić information content (AvgIpc) is 2.46. The van der Waals surface area contributed by atoms with Crippen LogP contribution >= 0.6 is 0 Å². The predicted molar refractivity (Wildman–Crippen MR) is 54.9 cm³/mol. The topological polar surface area (TPSA) is 17.8 Å². The quantitative estimate of drug-likeness (QED) is 0.650. The van der Waals surface area contributed by atoms with Crippen molar-refractivity contribution in [2.75, 3.05) is 0 Å². The highest BCUT2D eigenvalue weighted by Gasteiger charge is 2.02. The van der Waals surface area contributed by atoms with Gasteiger partial charge in [-0.15, -0.1) is 0 Å². The Morgan fingerprint density at radius 3 is 2.77 bits per heavy atom. The Labute approximate surface area is 78.2 Å². The fourth-order valence-electron chi connectivity index (χ4n) is 1.41. The van der Waals surface area contributed by atoms with Gasteiger partial charge < -0.3 is 0 Å². The van der Waals surface area contributed by atoms with E-state index in [0.29, 0.717) is 6.04 Å². The first-order chi connectivity index (χ1) is 6.16. The van der Waals surface area contributed by atoms with E-state index in [2.05, 4.69) is 50.3 Å². The first kappa shape index (κ1) is 8.30. The number of benzene rings is 1. The first-order valence-electron chi connectivity index (χ1n) is 4.62. The summed E-state index contributed by atoms with van der Waals surface area (Å²) in [4.78, 5) is 0. The number of hydrogen-bond acceptors (Lipinski definition) is 1. The van der Waals surface area contributed by atoms with Gasteiger partial charge in [0.1, 0.15) is 0 Å². The van der Waals surface area contributed by atoms with Gasteiger partial charge in [0, 0.05) is 17.6 Å². The van der Waals surface area contributed by atoms with E-state index in [0.717, 1.165) is 5.52 Å². The molecule has 2 rings (SSSR count). The Morgan fingerprint density at radius 1 is 1.31 bits per heavy atom. The van der Waals surface area contributed by atoms with E-state index in [1.807, 2.05) is 4.68 Å². The molecular formula is C11H14N2. The van der Waals surface area contributed by atoms with Gasteiger partial charge in [0.15, 0.2) is 0 Å². The molecule has 0 atom stereocenters. The molecule has 0 aliphatic heterocycles. The highest BCUT2D eigenvalue weighted by Crippen LogP contribution is 2.16. The monoisotopic (exact) mass is 174 g/mol. The molecule has 2 nitrogen and oxygen atoms in total. The molecule has 0 radical (unpaired) electrons. The van der Waals surface area contributed by atoms with Gasteiger partial charge in [0.25, 0.3) is 0 Å². The van der Waals surface area contributed by atoms with Crippen LogP contribution in [0.1, 0.15) is 25.5 Å². The van der Waals surface area contributed by atoms with Crippen molar-refractivity contribution in [1.82, 2.24) is 9.78 Å². The molecule has 0 unspecified atom stereocenters. The summed E-state index contributed by atoms with van der Waals surface area (Å²) in [5.74, 6) is 0. The van der Waals surface area contributed by atoms with E-state index >= 15 is 0 Å². The summed E-state index contributed by atoms with van der Waals surface area (Å²) in [5, 5.41) is 5.71. The van der Waals surface area contributed by atoms with Crippen molar-refractivity contribution >= 4 is 10.9 Å². The molecule has 0 spiro atoms. The normalized spacial score (nSPS) is 11.4. The van der Waals surface area contributed by atoms with Crippen molar-refractivity contribution in [2.24, 2.45) is 0 Å². The Kier molecular flexibility index (Phi) is 1.83. The smallest absolute Gasteiger partial charge is 0.0926 e. The van der Waals surface area contributed by atoms with Gasteiger partial charge in [0.05, 0.1) is 5.52 Å². The Bertz CT molecular complexity index is 427. The molecule has 2 aromatic rings. The lowest BCUT2D eigenvalue weighted by Gasteiger charge is -2.02. The van der Waals surface area contributed by atoms with Crippen molar-refractivity contribution < 1.29 is 0 Å². The van der Waals surface area contributed by atoms with Gasteiger partial charge in [0.2, 0.25) is 0 Å². The summed E-state index contributed by atoms with van der Waals surface area (Å²) in [7, 11) is 0. The Morgan fingerprint density at radius 2 is 2.08 bits per heavy atom. The number of hydrogen-bond donors (Lipinski definition) is 0. The minimum Gasteiger partial charge on any atom is -0.269 e. The molecular weight excluding hydrogens is 160 g/mol. The van der Waals surface area contributed by atoms with Crippen LogP contribution in [-0.2, 0) is 0 Å². The molecule has 0 bridgehead atoms. The van der Waals surface area contributed by atoms with Crippen molar-refractivity contribution in [3.63, 3.8) is 0 Å². The maximum absolute atomic E-state index is 4.49. The first-order valence-corrected chi connectivity index (χ1v) is 4.62. The van der Waals surface area contributed by atoms with E-state index in [9.17, 15) is 0 Å². The summed E-state index contributed by atoms with van der Waals surface area (Å²) >= 11 is 0. The van der Waals surface area contributed by atoms with Crippen LogP contribution in [0.15, 0.2) is 24.4 Å². The summed E-state index contributed by atoms with van der Waals surface area (Å²) in [5.41, 5.74) is 2.36. The number of aryl methyl sites for hydroxylation is 1. The fourth-order valence-corrected chi connectivity index (χ4v) is 1.41. The van der Waals surface area contributed by atoms with Crippen LogP contribution < -0.4 is 0 Å². The Balaban J connectivity index is 2.62. The molecule has 1 aromatic heterocycles. The second-order valence-electron chi connectivity index (χ2n) is 3.77. The average molecular weight is 174 g/mol. The molecule has 1 aromatic carbocycles. The minimum absolute atomic E-state index is 0.438. The van der Waals surface area contributed by atoms with Crippen molar-refractivity contribution in [2.45, 2.75) is 26.8 Å². The lowest BCUT2D eigenvalue weighted by Crippen LogP contribution is -1.99. The van der Waals surface area contributed by atoms with Crippen molar-refractivity contribution in [3.05, 3.63) is 30.0 Å². The van der Waals surface area contributed by atoms with Crippen LogP contribution in [0.25, 0.3) is 10.9 Å². The minimum atomic E-state index is 0.438. The SMILES string of the molecule is Cc1ccc2cn(C(C)C)nc2c1. The fraction of sp³-hybridized carbons (Fsp3) is 0.364. The molecule has 0 saturated carbocycles. The molecule has 0 N–H and O–H groups in total. The van der Waals surface area contributed by atoms with Gasteiger partial charge >= 0.3 is 0 Å². The van der Waals surface area contributed by atoms with Gasteiger partial charge in [-0.05, 0) is 32.4 Å². The second-order valence-corrected chi connectivity index (χ2v) is 3.77. The zero-order chi connectivity index (χ0) is 9.42. The zero-order valence-corrected chi connectivity index (χ0v) is 8.28. The third-order valence-electron chi connectivity index (χ3n) is 2.21. The predicted octanol–water partition coefficient (Wildman–Crippen LogP) is 2.93. The lowest BCUT2D eigenvalue weighted by atomic mass is 10.2. The lowest BCUT2D eigenvalue weighted by molar-refractivity contribution is 0.537. The van der Waals surface area contributed by atoms with Crippen molar-refractivity contribution in [3.8, 4) is 0 Å². The molecule has 68 valence electrons. The largest absolute Gasteiger partial charge is 0.269 e. The number of aromatic nitrogens is 2. The standard InChI is InChI=1S/C11H14N2/c1-8(2)13-7-10-5-4-9(3)6-11(10)12-13/h4-8H,1-3H3. The van der Waals surface area contributed by atoms with Crippen LogP contribution in [0.4, 0.5) is 0 Å². The second kappa shape index (κ2) is 2.87. The molecule has 0 fully saturated rings. The van der Waals surface area contributed by atoms with E-state index in [-0.39, 0.29) is 0 Å². The number of rotatable bonds is 1. The van der Waals surface area contributed by atoms with Gasteiger partial charge in [-0.25, -0.2) is 0 Å². The third kappa shape index (κ3) is 1.44. The highest BCUT2D eigenvalue weighted by atomic mass is 15.3. The maximum Gasteiger partial charge on any atom is 0.0926 e. The maximum atomic E-state index is 4.49. The number of nitrogens with zero attached hydrogens (tertiary/aromatic N) is 2. The van der Waals surface area contributed by atoms with Crippen LogP contribution in [0.5, 0.6) is 0 Å². The summed E-state index contributed by atoms with van der Waals surface area (Å²) in [6.45, 7) is 6.37. The molecule has 1 heterocycles. The molecule has 0 aliphatic carbocycles. The van der Waals surface area contributed by atoms with Crippen LogP contribution in [0.3, 0.4) is 0 Å². The van der Waals surface area contributed by atoms with Crippen molar-refractivity contribution in [1.29, 1.82) is 0 Å². The van der Waals surface area contributed by atoms with Crippen LogP contribution in [0, 0.1) is 6.92 Å². The highest BCUT2D eigenvalue weighted by molar-refractivity contribution is 5.78. The van der Waals surface area contributed by atoms with E-state index in [1.165, 1.54) is 10.9 Å². The van der Waals surface area contributed by atoms with E-state index < -0.39 is 0 Å². The zero-order valence-electron chi connectivity index (χ0n) is 8.28. The number of fused-ring (bicyclic) bond motifs is 1. The van der Waals surface area contributed by atoms with Crippen LogP contribution in [-0.4, -0.2) is 9.78 Å². The summed E-state index contributed by atoms with van der Waals surface area (Å²) in [6.07, 6.45) is 2.10. The summed E-state index contributed by atoms with van der Waals surface area (Å²) in [6, 6.07) is 6.80. The van der Waals surface area contributed by atoms with Gasteiger partial charge in [-0.2, -0.15) is 5.10 Å². The van der Waals surface area contributed by atoms with Gasteiger partial charge in [-0.1, -0.05) is 12.1 Å². The molecule has 13 heavy (non-hydrogen) atoms. The van der Waals surface area contributed by atoms with Crippen LogP contribution in [0.2, 0.25) is 0 Å². The van der Waals surface area contributed by atoms with E-state index in [1.54, 1.807) is 0 Å². The summed E-state index contributed by atoms with van der Waals surface area (Å²) < 4.78 is 2.00. The molecule has 2 heteroatoms. The molecule has 0 saturated heterocycles. The third-order valence-corrected chi connectivity index (χ3v) is 2.21. The molecule has 0 aliphatic rings. The molecule has 0 amide bonds. The van der Waals surface area contributed by atoms with E-state index in [4.69, 9.17) is 0 Å². The van der Waals surface area contributed by atoms with Gasteiger partial charge in [-0.3, -0.25) is 4.68 Å².